The number of nitrogens with one attached hydrogen (secondary N) is 1. The molecule has 1 saturated carbocycles. The zero-order valence-corrected chi connectivity index (χ0v) is 16.1. The predicted octanol–water partition coefficient (Wildman–Crippen LogP) is 3.18. The molecule has 1 saturated heterocycles. The number of halogens is 3. The first kappa shape index (κ1) is 19.7. The Hall–Kier alpha value is -2.61. The van der Waals surface area contributed by atoms with Crippen LogP contribution in [0.3, 0.4) is 0 Å². The summed E-state index contributed by atoms with van der Waals surface area (Å²) in [6.07, 6.45) is 3.31. The van der Waals surface area contributed by atoms with E-state index in [-0.39, 0.29) is 35.9 Å². The lowest BCUT2D eigenvalue weighted by Crippen LogP contribution is -2.45. The minimum absolute atomic E-state index is 0.223. The number of carbonyl (C=O) groups excluding carboxylic acids is 1. The fourth-order valence-electron chi connectivity index (χ4n) is 3.99. The van der Waals surface area contributed by atoms with E-state index in [0.29, 0.717) is 30.8 Å². The van der Waals surface area contributed by atoms with Gasteiger partial charge in [-0.3, -0.25) is 9.78 Å². The average molecular weight is 404 g/mol. The summed E-state index contributed by atoms with van der Waals surface area (Å²) in [5.41, 5.74) is 7.39. The summed E-state index contributed by atoms with van der Waals surface area (Å²) >= 11 is 0. The normalized spacial score (nSPS) is 26.3. The van der Waals surface area contributed by atoms with Gasteiger partial charge in [-0.1, -0.05) is 0 Å². The topological polar surface area (TPSA) is 71.2 Å². The first-order chi connectivity index (χ1) is 13.7. The number of anilines is 1. The van der Waals surface area contributed by atoms with Crippen LogP contribution in [0.2, 0.25) is 0 Å². The van der Waals surface area contributed by atoms with E-state index in [9.17, 15) is 18.0 Å². The summed E-state index contributed by atoms with van der Waals surface area (Å²) in [6, 6.07) is 2.99. The molecule has 29 heavy (non-hydrogen) atoms. The van der Waals surface area contributed by atoms with Gasteiger partial charge < -0.3 is 16.0 Å². The molecule has 1 aliphatic heterocycles. The molecule has 2 fully saturated rings. The highest BCUT2D eigenvalue weighted by molar-refractivity contribution is 6.03. The molecule has 0 bridgehead atoms. The zero-order chi connectivity index (χ0) is 20.8. The van der Waals surface area contributed by atoms with Gasteiger partial charge in [-0.05, 0) is 43.9 Å². The first-order valence-corrected chi connectivity index (χ1v) is 9.65. The molecule has 1 amide bonds. The summed E-state index contributed by atoms with van der Waals surface area (Å²) in [5.74, 6) is -1.81. The molecule has 3 N–H and O–H groups in total. The van der Waals surface area contributed by atoms with Gasteiger partial charge >= 0.3 is 0 Å². The molecule has 2 aromatic rings. The number of nitrogens with two attached hydrogens (primary N) is 1. The largest absolute Gasteiger partial charge is 0.368 e. The van der Waals surface area contributed by atoms with E-state index in [1.165, 1.54) is 24.5 Å². The number of benzene rings is 1. The lowest BCUT2D eigenvalue weighted by atomic mass is 9.90. The lowest BCUT2D eigenvalue weighted by molar-refractivity contribution is 0.0860. The van der Waals surface area contributed by atoms with Gasteiger partial charge in [0.05, 0.1) is 11.3 Å². The number of rotatable bonds is 4. The van der Waals surface area contributed by atoms with Gasteiger partial charge in [0.15, 0.2) is 0 Å². The van der Waals surface area contributed by atoms with E-state index in [2.05, 4.69) is 10.3 Å². The lowest BCUT2D eigenvalue weighted by Gasteiger charge is -2.31. The SMILES string of the molecule is C[C@]1(N)CCN(c2c(C(=O)N[C@H]3C[C@@H](F)C3)cncc2-c2cc(F)cc(F)c2)C1. The minimum Gasteiger partial charge on any atom is -0.368 e. The van der Waals surface area contributed by atoms with Crippen molar-refractivity contribution in [3.63, 3.8) is 0 Å². The van der Waals surface area contributed by atoms with E-state index in [4.69, 9.17) is 5.73 Å². The number of pyridine rings is 1. The number of hydrogen-bond donors (Lipinski definition) is 2. The van der Waals surface area contributed by atoms with Crippen molar-refractivity contribution in [2.75, 3.05) is 18.0 Å². The van der Waals surface area contributed by atoms with Crippen LogP contribution in [0.4, 0.5) is 18.9 Å². The maximum Gasteiger partial charge on any atom is 0.255 e. The van der Waals surface area contributed by atoms with Crippen molar-refractivity contribution in [3.05, 3.63) is 47.8 Å². The molecule has 5 nitrogen and oxygen atoms in total. The van der Waals surface area contributed by atoms with E-state index in [0.717, 1.165) is 6.07 Å². The van der Waals surface area contributed by atoms with Crippen LogP contribution >= 0.6 is 0 Å². The number of hydrogen-bond acceptors (Lipinski definition) is 4. The molecule has 2 aliphatic rings. The Bertz CT molecular complexity index is 923. The Labute approximate surface area is 167 Å². The quantitative estimate of drug-likeness (QED) is 0.821. The molecule has 1 atom stereocenters. The van der Waals surface area contributed by atoms with Gasteiger partial charge in [0.25, 0.3) is 5.91 Å². The first-order valence-electron chi connectivity index (χ1n) is 9.65. The molecule has 8 heteroatoms. The number of carbonyl (C=O) groups is 1. The molecule has 0 spiro atoms. The predicted molar refractivity (Wildman–Crippen MR) is 104 cm³/mol. The van der Waals surface area contributed by atoms with E-state index in [1.54, 1.807) is 0 Å². The molecule has 1 aromatic heterocycles. The highest BCUT2D eigenvalue weighted by atomic mass is 19.1. The molecule has 4 rings (SSSR count). The van der Waals surface area contributed by atoms with Crippen LogP contribution in [0.25, 0.3) is 11.1 Å². The Morgan fingerprint density at radius 2 is 1.93 bits per heavy atom. The third kappa shape index (κ3) is 4.07. The van der Waals surface area contributed by atoms with Crippen LogP contribution in [0.1, 0.15) is 36.5 Å². The fraction of sp³-hybridized carbons (Fsp3) is 0.429. The van der Waals surface area contributed by atoms with E-state index in [1.807, 2.05) is 11.8 Å². The summed E-state index contributed by atoms with van der Waals surface area (Å²) in [4.78, 5) is 19.0. The van der Waals surface area contributed by atoms with Crippen LogP contribution in [-0.2, 0) is 0 Å². The van der Waals surface area contributed by atoms with Crippen LogP contribution in [0.15, 0.2) is 30.6 Å². The van der Waals surface area contributed by atoms with Gasteiger partial charge in [-0.25, -0.2) is 13.2 Å². The third-order valence-corrected chi connectivity index (χ3v) is 5.57. The van der Waals surface area contributed by atoms with Gasteiger partial charge in [-0.15, -0.1) is 0 Å². The highest BCUT2D eigenvalue weighted by Crippen LogP contribution is 2.37. The smallest absolute Gasteiger partial charge is 0.255 e. The van der Waals surface area contributed by atoms with Crippen LogP contribution in [-0.4, -0.2) is 41.7 Å². The van der Waals surface area contributed by atoms with Gasteiger partial charge in [0.2, 0.25) is 0 Å². The van der Waals surface area contributed by atoms with Crippen LogP contribution in [0.5, 0.6) is 0 Å². The second-order valence-electron chi connectivity index (χ2n) is 8.31. The molecule has 0 radical (unpaired) electrons. The van der Waals surface area contributed by atoms with Gasteiger partial charge in [-0.2, -0.15) is 0 Å². The standard InChI is InChI=1S/C21H23F3N4O/c1-21(25)2-3-28(11-21)19-17(12-4-13(22)6-14(23)5-12)9-26-10-18(19)20(29)27-16-7-15(24)8-16/h4-6,9-10,15-16H,2-3,7-8,11,25H2,1H3,(H,27,29)/t15-,16+,21-/m0/s1. The Morgan fingerprint density at radius 1 is 1.24 bits per heavy atom. The highest BCUT2D eigenvalue weighted by Gasteiger charge is 2.35. The Kier molecular flexibility index (Phi) is 4.98. The summed E-state index contributed by atoms with van der Waals surface area (Å²) < 4.78 is 40.9. The molecular weight excluding hydrogens is 381 g/mol. The molecule has 2 heterocycles. The van der Waals surface area contributed by atoms with Crippen molar-refractivity contribution in [2.45, 2.75) is 43.9 Å². The summed E-state index contributed by atoms with van der Waals surface area (Å²) in [5, 5.41) is 2.82. The maximum absolute atomic E-state index is 13.9. The summed E-state index contributed by atoms with van der Waals surface area (Å²) in [6.45, 7) is 3.00. The van der Waals surface area contributed by atoms with Crippen molar-refractivity contribution < 1.29 is 18.0 Å². The van der Waals surface area contributed by atoms with Crippen molar-refractivity contribution >= 4 is 11.6 Å². The van der Waals surface area contributed by atoms with Crippen molar-refractivity contribution in [3.8, 4) is 11.1 Å². The molecule has 0 unspecified atom stereocenters. The number of alkyl halides is 1. The number of amides is 1. The maximum atomic E-state index is 13.9. The third-order valence-electron chi connectivity index (χ3n) is 5.57. The van der Waals surface area contributed by atoms with Crippen LogP contribution < -0.4 is 16.0 Å². The summed E-state index contributed by atoms with van der Waals surface area (Å²) in [7, 11) is 0. The molecule has 1 aliphatic carbocycles. The number of nitrogens with zero attached hydrogens (tertiary/aromatic N) is 2. The second-order valence-corrected chi connectivity index (χ2v) is 8.31. The second kappa shape index (κ2) is 7.33. The minimum atomic E-state index is -0.893. The van der Waals surface area contributed by atoms with Gasteiger partial charge in [0.1, 0.15) is 17.8 Å². The average Bonchev–Trinajstić information content (AvgIpc) is 2.98. The van der Waals surface area contributed by atoms with Crippen molar-refractivity contribution in [1.82, 2.24) is 10.3 Å². The van der Waals surface area contributed by atoms with Gasteiger partial charge in [0, 0.05) is 48.7 Å². The molecule has 154 valence electrons. The monoisotopic (exact) mass is 404 g/mol. The molecule has 1 aromatic carbocycles. The van der Waals surface area contributed by atoms with Crippen LogP contribution in [0, 0.1) is 11.6 Å². The van der Waals surface area contributed by atoms with Crippen molar-refractivity contribution in [1.29, 1.82) is 0 Å². The molecular formula is C21H23F3N4O. The van der Waals surface area contributed by atoms with Crippen molar-refractivity contribution in [2.24, 2.45) is 5.73 Å². The Balaban J connectivity index is 1.77. The zero-order valence-electron chi connectivity index (χ0n) is 16.1. The fourth-order valence-corrected chi connectivity index (χ4v) is 3.99. The Morgan fingerprint density at radius 3 is 2.52 bits per heavy atom. The van der Waals surface area contributed by atoms with E-state index < -0.39 is 23.3 Å². The number of aromatic nitrogens is 1. The van der Waals surface area contributed by atoms with E-state index >= 15 is 0 Å².